The monoisotopic (exact) mass is 436 g/mol. The zero-order valence-electron chi connectivity index (χ0n) is 18.9. The van der Waals surface area contributed by atoms with E-state index in [2.05, 4.69) is 39.2 Å². The van der Waals surface area contributed by atoms with Gasteiger partial charge in [0, 0.05) is 68.2 Å². The number of carbonyl (C=O) groups is 1. The van der Waals surface area contributed by atoms with Crippen LogP contribution < -0.4 is 0 Å². The lowest BCUT2D eigenvalue weighted by atomic mass is 10.1. The first-order chi connectivity index (χ1) is 15.6. The van der Waals surface area contributed by atoms with Gasteiger partial charge < -0.3 is 14.4 Å². The van der Waals surface area contributed by atoms with Gasteiger partial charge in [-0.25, -0.2) is 0 Å². The Hall–Kier alpha value is -2.74. The number of piperazine rings is 1. The molecule has 0 spiro atoms. The van der Waals surface area contributed by atoms with Gasteiger partial charge in [-0.1, -0.05) is 24.3 Å². The van der Waals surface area contributed by atoms with Crippen LogP contribution in [-0.4, -0.2) is 69.8 Å². The number of ether oxygens (including phenoxy) is 1. The van der Waals surface area contributed by atoms with Gasteiger partial charge in [-0.05, 0) is 37.1 Å². The lowest BCUT2D eigenvalue weighted by molar-refractivity contribution is -0.141. The number of rotatable bonds is 8. The van der Waals surface area contributed by atoms with Crippen molar-refractivity contribution < 1.29 is 14.6 Å². The highest BCUT2D eigenvalue weighted by atomic mass is 16.5. The molecule has 0 radical (unpaired) electrons. The van der Waals surface area contributed by atoms with Gasteiger partial charge in [0.2, 0.25) is 0 Å². The Balaban J connectivity index is 1.48. The molecule has 1 aromatic carbocycles. The largest absolute Gasteiger partial charge is 0.468 e. The first-order valence-corrected chi connectivity index (χ1v) is 11.2. The van der Waals surface area contributed by atoms with Crippen LogP contribution in [0.2, 0.25) is 0 Å². The fourth-order valence-electron chi connectivity index (χ4n) is 4.65. The second-order valence-electron chi connectivity index (χ2n) is 8.52. The first kappa shape index (κ1) is 22.5. The molecule has 0 bridgehead atoms. The highest BCUT2D eigenvalue weighted by Gasteiger charge is 2.27. The molecule has 1 aliphatic heterocycles. The Bertz CT molecular complexity index is 1060. The smallest absolute Gasteiger partial charge is 0.325 e. The summed E-state index contributed by atoms with van der Waals surface area (Å²) >= 11 is 0. The SMILES string of the molecule is COC(=O)Cn1cc(CN2CCN(Cc3cccc(C)n3)[C@@H](CCO)C2)c2ccccc21. The zero-order chi connectivity index (χ0) is 22.5. The molecule has 3 aromatic rings. The van der Waals surface area contributed by atoms with Crippen molar-refractivity contribution in [2.45, 2.75) is 39.0 Å². The van der Waals surface area contributed by atoms with E-state index in [1.165, 1.54) is 18.1 Å². The quantitative estimate of drug-likeness (QED) is 0.548. The molecule has 1 atom stereocenters. The molecule has 7 nitrogen and oxygen atoms in total. The van der Waals surface area contributed by atoms with E-state index in [1.807, 2.05) is 35.8 Å². The number of carbonyl (C=O) groups excluding carboxylic acids is 1. The van der Waals surface area contributed by atoms with Crippen LogP contribution in [0.25, 0.3) is 10.9 Å². The van der Waals surface area contributed by atoms with Crippen LogP contribution in [0.4, 0.5) is 0 Å². The number of esters is 1. The number of methoxy groups -OCH3 is 1. The molecule has 2 aromatic heterocycles. The molecule has 1 N–H and O–H groups in total. The van der Waals surface area contributed by atoms with Crippen LogP contribution in [0.1, 0.15) is 23.4 Å². The minimum absolute atomic E-state index is 0.175. The van der Waals surface area contributed by atoms with Crippen LogP contribution in [-0.2, 0) is 29.2 Å². The maximum absolute atomic E-state index is 11.9. The van der Waals surface area contributed by atoms with Gasteiger partial charge in [0.1, 0.15) is 6.54 Å². The van der Waals surface area contributed by atoms with Crippen molar-refractivity contribution in [3.05, 3.63) is 65.6 Å². The van der Waals surface area contributed by atoms with Crippen LogP contribution >= 0.6 is 0 Å². The maximum Gasteiger partial charge on any atom is 0.325 e. The minimum Gasteiger partial charge on any atom is -0.468 e. The predicted octanol–water partition coefficient (Wildman–Crippen LogP) is 2.59. The third kappa shape index (κ3) is 5.18. The van der Waals surface area contributed by atoms with E-state index < -0.39 is 0 Å². The molecule has 0 unspecified atom stereocenters. The fraction of sp³-hybridized carbons (Fsp3) is 0.440. The molecule has 1 saturated heterocycles. The molecule has 1 aliphatic rings. The standard InChI is InChI=1S/C25H32N4O3/c1-19-6-5-7-21(26-19)16-28-12-11-27(17-22(28)10-13-30)14-20-15-29(18-25(31)32-2)24-9-4-3-8-23(20)24/h3-9,15,22,30H,10-14,16-18H2,1-2H3/t22-/m0/s1. The van der Waals surface area contributed by atoms with Gasteiger partial charge in [-0.15, -0.1) is 0 Å². The average Bonchev–Trinajstić information content (AvgIpc) is 3.13. The zero-order valence-corrected chi connectivity index (χ0v) is 18.9. The number of fused-ring (bicyclic) bond motifs is 1. The van der Waals surface area contributed by atoms with Crippen molar-refractivity contribution >= 4 is 16.9 Å². The van der Waals surface area contributed by atoms with Gasteiger partial charge in [-0.2, -0.15) is 0 Å². The molecule has 0 amide bonds. The maximum atomic E-state index is 11.9. The van der Waals surface area contributed by atoms with Crippen LogP contribution in [0.15, 0.2) is 48.7 Å². The van der Waals surface area contributed by atoms with Gasteiger partial charge in [-0.3, -0.25) is 19.6 Å². The molecule has 7 heteroatoms. The highest BCUT2D eigenvalue weighted by Crippen LogP contribution is 2.25. The number of benzene rings is 1. The number of aliphatic hydroxyl groups excluding tert-OH is 1. The summed E-state index contributed by atoms with van der Waals surface area (Å²) in [5.41, 5.74) is 4.36. The number of aryl methyl sites for hydroxylation is 1. The lowest BCUT2D eigenvalue weighted by Crippen LogP contribution is -2.52. The Morgan fingerprint density at radius 2 is 2.00 bits per heavy atom. The second kappa shape index (κ2) is 10.3. The first-order valence-electron chi connectivity index (χ1n) is 11.2. The lowest BCUT2D eigenvalue weighted by Gasteiger charge is -2.41. The van der Waals surface area contributed by atoms with Gasteiger partial charge in [0.05, 0.1) is 12.8 Å². The molecule has 4 rings (SSSR count). The number of hydrogen-bond donors (Lipinski definition) is 1. The third-order valence-corrected chi connectivity index (χ3v) is 6.25. The average molecular weight is 437 g/mol. The van der Waals surface area contributed by atoms with Crippen LogP contribution in [0.5, 0.6) is 0 Å². The highest BCUT2D eigenvalue weighted by molar-refractivity contribution is 5.85. The summed E-state index contributed by atoms with van der Waals surface area (Å²) in [6, 6.07) is 14.6. The Morgan fingerprint density at radius 3 is 2.78 bits per heavy atom. The Labute approximate surface area is 189 Å². The summed E-state index contributed by atoms with van der Waals surface area (Å²) < 4.78 is 6.84. The van der Waals surface area contributed by atoms with Crippen molar-refractivity contribution in [1.82, 2.24) is 19.4 Å². The Morgan fingerprint density at radius 1 is 1.16 bits per heavy atom. The fourth-order valence-corrected chi connectivity index (χ4v) is 4.65. The molecular formula is C25H32N4O3. The number of aromatic nitrogens is 2. The summed E-state index contributed by atoms with van der Waals surface area (Å²) in [4.78, 5) is 21.4. The van der Waals surface area contributed by atoms with E-state index in [1.54, 1.807) is 0 Å². The van der Waals surface area contributed by atoms with Crippen LogP contribution in [0.3, 0.4) is 0 Å². The van der Waals surface area contributed by atoms with Crippen molar-refractivity contribution in [3.63, 3.8) is 0 Å². The molecule has 0 aliphatic carbocycles. The minimum atomic E-state index is -0.251. The number of pyridine rings is 1. The molecule has 32 heavy (non-hydrogen) atoms. The van der Waals surface area contributed by atoms with Gasteiger partial charge in [0.25, 0.3) is 0 Å². The summed E-state index contributed by atoms with van der Waals surface area (Å²) in [5.74, 6) is -0.251. The van der Waals surface area contributed by atoms with Crippen LogP contribution in [0, 0.1) is 6.92 Å². The van der Waals surface area contributed by atoms with E-state index in [0.29, 0.717) is 0 Å². The summed E-state index contributed by atoms with van der Waals surface area (Å²) in [6.45, 7) is 6.79. The molecule has 3 heterocycles. The molecule has 0 saturated carbocycles. The van der Waals surface area contributed by atoms with E-state index in [9.17, 15) is 9.90 Å². The summed E-state index contributed by atoms with van der Waals surface area (Å²) in [7, 11) is 1.42. The third-order valence-electron chi connectivity index (χ3n) is 6.25. The normalized spacial score (nSPS) is 17.7. The number of aliphatic hydroxyl groups is 1. The number of para-hydroxylation sites is 1. The van der Waals surface area contributed by atoms with E-state index in [4.69, 9.17) is 4.74 Å². The summed E-state index contributed by atoms with van der Waals surface area (Å²) in [5, 5.41) is 10.8. The van der Waals surface area contributed by atoms with Crippen molar-refractivity contribution in [2.24, 2.45) is 0 Å². The summed E-state index contributed by atoms with van der Waals surface area (Å²) in [6.07, 6.45) is 2.82. The van der Waals surface area contributed by atoms with E-state index in [0.717, 1.165) is 56.0 Å². The predicted molar refractivity (Wildman–Crippen MR) is 124 cm³/mol. The van der Waals surface area contributed by atoms with Crippen molar-refractivity contribution in [2.75, 3.05) is 33.4 Å². The molecule has 1 fully saturated rings. The topological polar surface area (TPSA) is 70.8 Å². The van der Waals surface area contributed by atoms with E-state index in [-0.39, 0.29) is 25.2 Å². The number of nitrogens with zero attached hydrogens (tertiary/aromatic N) is 4. The van der Waals surface area contributed by atoms with Gasteiger partial charge in [0.15, 0.2) is 0 Å². The van der Waals surface area contributed by atoms with Gasteiger partial charge >= 0.3 is 5.97 Å². The van der Waals surface area contributed by atoms with Crippen molar-refractivity contribution in [1.29, 1.82) is 0 Å². The number of hydrogen-bond acceptors (Lipinski definition) is 6. The Kier molecular flexibility index (Phi) is 7.19. The molecular weight excluding hydrogens is 404 g/mol. The molecule has 170 valence electrons. The van der Waals surface area contributed by atoms with E-state index >= 15 is 0 Å². The second-order valence-corrected chi connectivity index (χ2v) is 8.52. The van der Waals surface area contributed by atoms with Crippen molar-refractivity contribution in [3.8, 4) is 0 Å².